The molecular weight excluding hydrogens is 219 g/mol. The molecule has 0 aliphatic rings. The number of benzene rings is 1. The number of nitro benzene ring substituents is 1. The number of hydrogen-bond acceptors (Lipinski definition) is 4. The van der Waals surface area contributed by atoms with Crippen molar-refractivity contribution in [3.63, 3.8) is 0 Å². The van der Waals surface area contributed by atoms with E-state index in [0.717, 1.165) is 24.3 Å². The first-order valence-electron chi connectivity index (χ1n) is 3.38. The van der Waals surface area contributed by atoms with Gasteiger partial charge in [0.2, 0.25) is 0 Å². The number of hydrogen-bond donors (Lipinski definition) is 2. The Bertz CT molecular complexity index is 382. The summed E-state index contributed by atoms with van der Waals surface area (Å²) >= 11 is 0. The molecule has 0 aromatic heterocycles. The minimum Gasteiger partial charge on any atom is -0.404 e. The molecule has 0 fully saturated rings. The van der Waals surface area contributed by atoms with Crippen LogP contribution in [0, 0.1) is 10.1 Å². The van der Waals surface area contributed by atoms with Crippen LogP contribution in [0.1, 0.15) is 0 Å². The van der Waals surface area contributed by atoms with Crippen LogP contribution in [0.3, 0.4) is 0 Å². The lowest BCUT2D eigenvalue weighted by molar-refractivity contribution is -0.384. The van der Waals surface area contributed by atoms with E-state index in [1.807, 2.05) is 0 Å². The molecule has 0 atom stereocenters. The molecule has 0 unspecified atom stereocenters. The Morgan fingerprint density at radius 2 is 1.86 bits per heavy atom. The second kappa shape index (κ2) is 3.75. The van der Waals surface area contributed by atoms with E-state index in [0.29, 0.717) is 0 Å². The number of rotatable bonds is 3. The molecule has 2 N–H and O–H groups in total. The fraction of sp³-hybridized carbons (Fsp3) is 0. The lowest BCUT2D eigenvalue weighted by Crippen LogP contribution is -1.91. The summed E-state index contributed by atoms with van der Waals surface area (Å²) < 4.78 is 14.5. The zero-order valence-electron chi connectivity index (χ0n) is 6.73. The molecule has 0 saturated carbocycles. The Morgan fingerprint density at radius 3 is 2.21 bits per heavy atom. The van der Waals surface area contributed by atoms with Gasteiger partial charge in [0.05, 0.1) is 4.92 Å². The molecule has 0 heterocycles. The standard InChI is InChI=1S/C6H6NO6P/c8-7(9)5-1-3-6(4-2-5)13-14(10,11)12/h1-4H,(H2,10,11,12)/i10+2,11+2,12+2. The normalized spacial score (nSPS) is 11.0. The average molecular weight is 225 g/mol. The first-order chi connectivity index (χ1) is 6.38. The fourth-order valence-electron chi connectivity index (χ4n) is 0.766. The minimum absolute atomic E-state index is 0.121. The predicted molar refractivity (Wildman–Crippen MR) is 45.8 cm³/mol. The average Bonchev–Trinajstić information content (AvgIpc) is 2.02. The maximum Gasteiger partial charge on any atom is 0.524 e. The SMILES string of the molecule is O=[N+]([O-])c1ccc(OP(=[18O])([18OH])[18OH])cc1. The first-order valence-corrected chi connectivity index (χ1v) is 4.91. The van der Waals surface area contributed by atoms with Gasteiger partial charge in [0.1, 0.15) is 5.75 Å². The van der Waals surface area contributed by atoms with Crippen LogP contribution in [0.5, 0.6) is 5.75 Å². The van der Waals surface area contributed by atoms with Gasteiger partial charge >= 0.3 is 7.82 Å². The highest BCUT2D eigenvalue weighted by Crippen LogP contribution is 2.37. The Kier molecular flexibility index (Phi) is 2.85. The monoisotopic (exact) mass is 225 g/mol. The molecule has 0 aliphatic carbocycles. The number of non-ortho nitro benzene ring substituents is 1. The van der Waals surface area contributed by atoms with E-state index in [-0.39, 0.29) is 11.4 Å². The second-order valence-electron chi connectivity index (χ2n) is 2.33. The molecule has 1 aromatic carbocycles. The number of phosphoric acid groups is 1. The molecule has 0 spiro atoms. The lowest BCUT2D eigenvalue weighted by Gasteiger charge is -2.05. The van der Waals surface area contributed by atoms with Gasteiger partial charge in [0, 0.05) is 12.1 Å². The van der Waals surface area contributed by atoms with Crippen molar-refractivity contribution >= 4 is 13.5 Å². The van der Waals surface area contributed by atoms with Gasteiger partial charge in [-0.05, 0) is 12.1 Å². The second-order valence-corrected chi connectivity index (χ2v) is 3.50. The molecule has 1 rings (SSSR count). The predicted octanol–water partition coefficient (Wildman–Crippen LogP) is 1.07. The fourth-order valence-corrected chi connectivity index (χ4v) is 1.16. The van der Waals surface area contributed by atoms with E-state index < -0.39 is 12.7 Å². The Morgan fingerprint density at radius 1 is 1.36 bits per heavy atom. The third kappa shape index (κ3) is 3.14. The summed E-state index contributed by atoms with van der Waals surface area (Å²) in [5.74, 6) is -0.121. The van der Waals surface area contributed by atoms with Crippen LogP contribution < -0.4 is 4.52 Å². The molecule has 0 aliphatic heterocycles. The van der Waals surface area contributed by atoms with Crippen LogP contribution in [0.4, 0.5) is 5.69 Å². The quantitative estimate of drug-likeness (QED) is 0.344. The van der Waals surface area contributed by atoms with Crippen LogP contribution >= 0.6 is 7.82 Å². The van der Waals surface area contributed by atoms with Crippen molar-refractivity contribution in [1.82, 2.24) is 0 Å². The van der Waals surface area contributed by atoms with Crippen LogP contribution in [-0.2, 0) is 4.57 Å². The zero-order valence-corrected chi connectivity index (χ0v) is 7.63. The van der Waals surface area contributed by atoms with Crippen molar-refractivity contribution in [2.75, 3.05) is 0 Å². The Hall–Kier alpha value is -1.43. The summed E-state index contributed by atoms with van der Waals surface area (Å²) in [7, 11) is -4.60. The van der Waals surface area contributed by atoms with E-state index in [1.54, 1.807) is 0 Å². The van der Waals surface area contributed by atoms with E-state index in [9.17, 15) is 14.7 Å². The van der Waals surface area contributed by atoms with Gasteiger partial charge in [-0.3, -0.25) is 19.9 Å². The highest BCUT2D eigenvalue weighted by molar-refractivity contribution is 7.46. The van der Waals surface area contributed by atoms with Crippen LogP contribution in [0.2, 0.25) is 0 Å². The van der Waals surface area contributed by atoms with Crippen LogP contribution in [-0.4, -0.2) is 14.7 Å². The van der Waals surface area contributed by atoms with Crippen molar-refractivity contribution in [2.24, 2.45) is 0 Å². The molecule has 14 heavy (non-hydrogen) atoms. The van der Waals surface area contributed by atoms with Gasteiger partial charge in [0.25, 0.3) is 5.69 Å². The largest absolute Gasteiger partial charge is 0.524 e. The summed E-state index contributed by atoms with van der Waals surface area (Å²) in [6.45, 7) is 0. The molecule has 1 aromatic rings. The van der Waals surface area contributed by atoms with Crippen molar-refractivity contribution in [2.45, 2.75) is 0 Å². The summed E-state index contributed by atoms with van der Waals surface area (Å²) in [4.78, 5) is 26.4. The van der Waals surface area contributed by atoms with Gasteiger partial charge in [-0.25, -0.2) is 4.57 Å². The third-order valence-electron chi connectivity index (χ3n) is 1.27. The number of nitrogens with zero attached hydrogens (tertiary/aromatic N) is 1. The minimum atomic E-state index is -4.60. The highest BCUT2D eigenvalue weighted by Gasteiger charge is 2.16. The molecule has 0 amide bonds. The molecule has 7 nitrogen and oxygen atoms in total. The maximum absolute atomic E-state index is 10.4. The molecular formula is C6H6NO6P. The Labute approximate surface area is 78.3 Å². The van der Waals surface area contributed by atoms with E-state index in [4.69, 9.17) is 9.79 Å². The summed E-state index contributed by atoms with van der Waals surface area (Å²) in [5, 5.41) is 10.2. The summed E-state index contributed by atoms with van der Waals surface area (Å²) in [5.41, 5.74) is -0.178. The van der Waals surface area contributed by atoms with Crippen LogP contribution in [0.15, 0.2) is 24.3 Å². The van der Waals surface area contributed by atoms with E-state index in [2.05, 4.69) is 4.52 Å². The first kappa shape index (κ1) is 10.6. The highest BCUT2D eigenvalue weighted by atomic mass is 31.2. The van der Waals surface area contributed by atoms with Gasteiger partial charge in [-0.15, -0.1) is 0 Å². The van der Waals surface area contributed by atoms with Crippen molar-refractivity contribution in [1.29, 1.82) is 0 Å². The molecule has 0 saturated heterocycles. The smallest absolute Gasteiger partial charge is 0.404 e. The topological polar surface area (TPSA) is 110 Å². The van der Waals surface area contributed by atoms with Gasteiger partial charge in [-0.2, -0.15) is 0 Å². The molecule has 76 valence electrons. The van der Waals surface area contributed by atoms with Gasteiger partial charge in [0.15, 0.2) is 0 Å². The van der Waals surface area contributed by atoms with E-state index >= 15 is 0 Å². The molecule has 8 heteroatoms. The third-order valence-corrected chi connectivity index (χ3v) is 1.72. The number of nitro groups is 1. The van der Waals surface area contributed by atoms with Gasteiger partial charge < -0.3 is 4.52 Å². The number of phosphoric ester groups is 1. The lowest BCUT2D eigenvalue weighted by atomic mass is 10.3. The van der Waals surface area contributed by atoms with Gasteiger partial charge in [-0.1, -0.05) is 0 Å². The van der Waals surface area contributed by atoms with E-state index in [1.165, 1.54) is 0 Å². The van der Waals surface area contributed by atoms with Crippen molar-refractivity contribution < 1.29 is 23.8 Å². The summed E-state index contributed by atoms with van der Waals surface area (Å²) in [6, 6.07) is 4.39. The van der Waals surface area contributed by atoms with Crippen molar-refractivity contribution in [3.8, 4) is 5.75 Å². The van der Waals surface area contributed by atoms with Crippen LogP contribution in [0.25, 0.3) is 0 Å². The molecule has 0 radical (unpaired) electrons. The molecule has 0 bridgehead atoms. The Balaban J connectivity index is 2.84. The zero-order chi connectivity index (χ0) is 10.8. The van der Waals surface area contributed by atoms with Crippen molar-refractivity contribution in [3.05, 3.63) is 34.4 Å². The maximum atomic E-state index is 10.4. The summed E-state index contributed by atoms with van der Waals surface area (Å²) in [6.07, 6.45) is 0.